The van der Waals surface area contributed by atoms with Gasteiger partial charge in [0.1, 0.15) is 17.9 Å². The fourth-order valence-electron chi connectivity index (χ4n) is 6.68. The highest BCUT2D eigenvalue weighted by molar-refractivity contribution is 7.90. The molecule has 1 fully saturated rings. The Hall–Kier alpha value is -5.26. The van der Waals surface area contributed by atoms with E-state index in [1.165, 1.54) is 10.8 Å². The van der Waals surface area contributed by atoms with E-state index in [9.17, 15) is 18.0 Å². The zero-order valence-corrected chi connectivity index (χ0v) is 29.6. The average Bonchev–Trinajstić information content (AvgIpc) is 3.57. The van der Waals surface area contributed by atoms with Crippen LogP contribution in [0, 0.1) is 6.92 Å². The van der Waals surface area contributed by atoms with E-state index in [2.05, 4.69) is 11.0 Å². The number of carbonyl (C=O) groups excluding carboxylic acids is 1. The van der Waals surface area contributed by atoms with Gasteiger partial charge in [0.2, 0.25) is 5.91 Å². The Morgan fingerprint density at radius 1 is 0.860 bits per heavy atom. The standard InChI is InChI=1S/C39H39N5O5S/c1-26-6-14-31(15-7-26)50(47,48)44-19-18-32-33(25-42(5)37(45)36(32)44)35-17-11-29-24-28(10-16-34(29)40-35)27-8-12-30(13-9-27)49-23-22-43-21-20-41(4)38(46)39(43,2)3/h6-19,24-25H,20-23H2,1-5H3. The second-order valence-corrected chi connectivity index (χ2v) is 15.2. The van der Waals surface area contributed by atoms with E-state index in [1.54, 1.807) is 48.5 Å². The Morgan fingerprint density at radius 3 is 2.32 bits per heavy atom. The Labute approximate surface area is 291 Å². The first-order chi connectivity index (χ1) is 23.8. The molecule has 3 aromatic heterocycles. The van der Waals surface area contributed by atoms with Crippen LogP contribution in [0.3, 0.4) is 0 Å². The summed E-state index contributed by atoms with van der Waals surface area (Å²) in [7, 11) is -0.543. The maximum Gasteiger partial charge on any atom is 0.275 e. The second kappa shape index (κ2) is 12.6. The zero-order chi connectivity index (χ0) is 35.4. The fraction of sp³-hybridized carbons (Fsp3) is 0.256. The summed E-state index contributed by atoms with van der Waals surface area (Å²) in [4.78, 5) is 34.9. The third-order valence-electron chi connectivity index (χ3n) is 9.71. The normalized spacial score (nSPS) is 15.2. The van der Waals surface area contributed by atoms with Gasteiger partial charge in [-0.25, -0.2) is 17.4 Å². The van der Waals surface area contributed by atoms with Crippen LogP contribution in [0.1, 0.15) is 19.4 Å². The minimum absolute atomic E-state index is 0.0773. The molecule has 0 saturated carbocycles. The third-order valence-corrected chi connectivity index (χ3v) is 11.4. The summed E-state index contributed by atoms with van der Waals surface area (Å²) in [6.07, 6.45) is 3.13. The SMILES string of the molecule is Cc1ccc(S(=O)(=O)n2ccc3c(-c4ccc5cc(-c6ccc(OCCN7CCN(C)C(=O)C7(C)C)cc6)ccc5n4)cn(C)c(=O)c32)cc1. The molecule has 6 aromatic rings. The van der Waals surface area contributed by atoms with E-state index in [4.69, 9.17) is 9.72 Å². The Balaban J connectivity index is 1.11. The molecule has 0 aliphatic carbocycles. The summed E-state index contributed by atoms with van der Waals surface area (Å²) in [5.41, 5.74) is 4.17. The Kier molecular flexibility index (Phi) is 8.36. The minimum Gasteiger partial charge on any atom is -0.492 e. The molecule has 1 aliphatic heterocycles. The summed E-state index contributed by atoms with van der Waals surface area (Å²) >= 11 is 0. The van der Waals surface area contributed by atoms with Gasteiger partial charge < -0.3 is 14.2 Å². The van der Waals surface area contributed by atoms with Gasteiger partial charge in [-0.1, -0.05) is 42.0 Å². The molecule has 0 unspecified atom stereocenters. The fourth-order valence-corrected chi connectivity index (χ4v) is 8.02. The molecule has 0 N–H and O–H groups in total. The lowest BCUT2D eigenvalue weighted by atomic mass is 9.98. The van der Waals surface area contributed by atoms with Gasteiger partial charge in [0, 0.05) is 62.5 Å². The molecule has 4 heterocycles. The van der Waals surface area contributed by atoms with Gasteiger partial charge in [-0.2, -0.15) is 0 Å². The predicted molar refractivity (Wildman–Crippen MR) is 196 cm³/mol. The lowest BCUT2D eigenvalue weighted by molar-refractivity contribution is -0.147. The number of pyridine rings is 2. The number of carbonyl (C=O) groups is 1. The number of ether oxygens (including phenoxy) is 1. The van der Waals surface area contributed by atoms with Crippen LogP contribution < -0.4 is 10.3 Å². The molecule has 0 radical (unpaired) electrons. The molecule has 10 nitrogen and oxygen atoms in total. The molecule has 0 bridgehead atoms. The second-order valence-electron chi connectivity index (χ2n) is 13.4. The molecule has 7 rings (SSSR count). The number of hydrogen-bond donors (Lipinski definition) is 0. The molecule has 3 aromatic carbocycles. The molecule has 1 saturated heterocycles. The van der Waals surface area contributed by atoms with E-state index in [0.29, 0.717) is 36.3 Å². The minimum atomic E-state index is -4.00. The first kappa shape index (κ1) is 33.2. The number of benzene rings is 3. The van der Waals surface area contributed by atoms with Gasteiger partial charge in [0.05, 0.1) is 21.6 Å². The summed E-state index contributed by atoms with van der Waals surface area (Å²) in [5, 5.41) is 1.45. The van der Waals surface area contributed by atoms with Gasteiger partial charge in [-0.05, 0) is 80.4 Å². The van der Waals surface area contributed by atoms with E-state index in [1.807, 2.05) is 76.3 Å². The van der Waals surface area contributed by atoms with Crippen molar-refractivity contribution in [3.63, 3.8) is 0 Å². The number of nitrogens with zero attached hydrogens (tertiary/aromatic N) is 5. The summed E-state index contributed by atoms with van der Waals surface area (Å²) in [6.45, 7) is 8.49. The highest BCUT2D eigenvalue weighted by Gasteiger charge is 2.40. The molecule has 0 spiro atoms. The van der Waals surface area contributed by atoms with E-state index in [0.717, 1.165) is 43.9 Å². The first-order valence-electron chi connectivity index (χ1n) is 16.5. The predicted octanol–water partition coefficient (Wildman–Crippen LogP) is 5.70. The highest BCUT2D eigenvalue weighted by Crippen LogP contribution is 2.32. The van der Waals surface area contributed by atoms with Crippen molar-refractivity contribution in [2.45, 2.75) is 31.2 Å². The zero-order valence-electron chi connectivity index (χ0n) is 28.8. The van der Waals surface area contributed by atoms with Crippen molar-refractivity contribution in [3.8, 4) is 28.1 Å². The van der Waals surface area contributed by atoms with E-state index >= 15 is 0 Å². The maximum absolute atomic E-state index is 13.6. The van der Waals surface area contributed by atoms with Crippen LogP contribution >= 0.6 is 0 Å². The average molecular weight is 690 g/mol. The van der Waals surface area contributed by atoms with Crippen molar-refractivity contribution in [1.82, 2.24) is 23.3 Å². The number of aromatic nitrogens is 3. The number of rotatable bonds is 8. The monoisotopic (exact) mass is 689 g/mol. The quantitative estimate of drug-likeness (QED) is 0.202. The summed E-state index contributed by atoms with van der Waals surface area (Å²) < 4.78 is 35.7. The first-order valence-corrected chi connectivity index (χ1v) is 18.0. The Morgan fingerprint density at radius 2 is 1.58 bits per heavy atom. The lowest BCUT2D eigenvalue weighted by Gasteiger charge is -2.44. The van der Waals surface area contributed by atoms with Gasteiger partial charge >= 0.3 is 0 Å². The molecule has 256 valence electrons. The molecule has 50 heavy (non-hydrogen) atoms. The number of hydrogen-bond acceptors (Lipinski definition) is 7. The molecular formula is C39H39N5O5S. The third kappa shape index (κ3) is 5.86. The van der Waals surface area contributed by atoms with Crippen molar-refractivity contribution in [2.24, 2.45) is 7.05 Å². The molecule has 11 heteroatoms. The maximum atomic E-state index is 13.6. The topological polar surface area (TPSA) is 107 Å². The van der Waals surface area contributed by atoms with Crippen molar-refractivity contribution in [2.75, 3.05) is 33.3 Å². The van der Waals surface area contributed by atoms with Crippen molar-refractivity contribution >= 4 is 37.7 Å². The van der Waals surface area contributed by atoms with Gasteiger partial charge in [-0.3, -0.25) is 14.5 Å². The van der Waals surface area contributed by atoms with E-state index < -0.39 is 21.1 Å². The molecule has 0 atom stereocenters. The smallest absolute Gasteiger partial charge is 0.275 e. The van der Waals surface area contributed by atoms with Crippen LogP contribution in [0.25, 0.3) is 44.2 Å². The van der Waals surface area contributed by atoms with Gasteiger partial charge in [0.15, 0.2) is 0 Å². The highest BCUT2D eigenvalue weighted by atomic mass is 32.2. The molecule has 1 aliphatic rings. The van der Waals surface area contributed by atoms with Gasteiger partial charge in [-0.15, -0.1) is 0 Å². The summed E-state index contributed by atoms with van der Waals surface area (Å²) in [6, 6.07) is 26.1. The van der Waals surface area contributed by atoms with Crippen LogP contribution in [0.15, 0.2) is 107 Å². The van der Waals surface area contributed by atoms with Crippen LogP contribution in [0.5, 0.6) is 5.75 Å². The number of piperazine rings is 1. The lowest BCUT2D eigenvalue weighted by Crippen LogP contribution is -2.62. The van der Waals surface area contributed by atoms with Crippen LogP contribution in [-0.4, -0.2) is 76.5 Å². The van der Waals surface area contributed by atoms with Crippen molar-refractivity contribution < 1.29 is 17.9 Å². The molecular weight excluding hydrogens is 651 g/mol. The number of aryl methyl sites for hydroxylation is 2. The van der Waals surface area contributed by atoms with Crippen LogP contribution in [0.4, 0.5) is 0 Å². The largest absolute Gasteiger partial charge is 0.492 e. The van der Waals surface area contributed by atoms with Crippen LogP contribution in [0.2, 0.25) is 0 Å². The number of amides is 1. The van der Waals surface area contributed by atoms with E-state index in [-0.39, 0.29) is 16.3 Å². The van der Waals surface area contributed by atoms with Crippen molar-refractivity contribution in [3.05, 3.63) is 113 Å². The van der Waals surface area contributed by atoms with Crippen molar-refractivity contribution in [1.29, 1.82) is 0 Å². The summed E-state index contributed by atoms with van der Waals surface area (Å²) in [5.74, 6) is 0.893. The Bertz CT molecular complexity index is 2430. The van der Waals surface area contributed by atoms with Gasteiger partial charge in [0.25, 0.3) is 15.6 Å². The number of fused-ring (bicyclic) bond motifs is 2. The van der Waals surface area contributed by atoms with Crippen LogP contribution in [-0.2, 0) is 21.9 Å². The number of likely N-dealkylation sites (N-methyl/N-ethyl adjacent to an activating group) is 1. The molecule has 1 amide bonds.